The van der Waals surface area contributed by atoms with E-state index >= 15 is 0 Å². The van der Waals surface area contributed by atoms with Crippen LogP contribution in [0, 0.1) is 5.41 Å². The van der Waals surface area contributed by atoms with E-state index in [1.807, 2.05) is 12.3 Å². The maximum atomic E-state index is 10.2. The molecule has 1 aromatic heterocycles. The van der Waals surface area contributed by atoms with Gasteiger partial charge in [-0.1, -0.05) is 34.1 Å². The molecular weight excluding hydrogens is 210 g/mol. The lowest BCUT2D eigenvalue weighted by molar-refractivity contribution is 0.157. The summed E-state index contributed by atoms with van der Waals surface area (Å²) in [4.78, 5) is 4.11. The Labute approximate surface area is 105 Å². The summed E-state index contributed by atoms with van der Waals surface area (Å²) >= 11 is 0. The largest absolute Gasteiger partial charge is 0.388 e. The maximum absolute atomic E-state index is 10.2. The molecule has 0 bridgehead atoms. The average molecular weight is 235 g/mol. The molecule has 0 radical (unpaired) electrons. The highest BCUT2D eigenvalue weighted by Crippen LogP contribution is 2.27. The highest BCUT2D eigenvalue weighted by Gasteiger charge is 2.14. The molecule has 1 N–H and O–H groups in total. The lowest BCUT2D eigenvalue weighted by atomic mass is 9.88. The van der Waals surface area contributed by atoms with Crippen LogP contribution in [0.2, 0.25) is 0 Å². The van der Waals surface area contributed by atoms with Crippen LogP contribution in [0.3, 0.4) is 0 Å². The second-order valence-electron chi connectivity index (χ2n) is 5.90. The fourth-order valence-corrected chi connectivity index (χ4v) is 2.04. The van der Waals surface area contributed by atoms with Crippen molar-refractivity contribution in [2.24, 2.45) is 5.41 Å². The Morgan fingerprint density at radius 3 is 2.65 bits per heavy atom. The van der Waals surface area contributed by atoms with Gasteiger partial charge < -0.3 is 5.11 Å². The monoisotopic (exact) mass is 235 g/mol. The molecule has 2 nitrogen and oxygen atoms in total. The van der Waals surface area contributed by atoms with Crippen LogP contribution in [0.15, 0.2) is 18.5 Å². The van der Waals surface area contributed by atoms with Gasteiger partial charge in [-0.3, -0.25) is 4.98 Å². The minimum Gasteiger partial charge on any atom is -0.388 e. The highest BCUT2D eigenvalue weighted by atomic mass is 16.3. The van der Waals surface area contributed by atoms with Crippen LogP contribution in [0.5, 0.6) is 0 Å². The van der Waals surface area contributed by atoms with Gasteiger partial charge in [0.1, 0.15) is 0 Å². The van der Waals surface area contributed by atoms with E-state index in [-0.39, 0.29) is 6.10 Å². The molecule has 0 aromatic carbocycles. The molecule has 96 valence electrons. The van der Waals surface area contributed by atoms with Crippen LogP contribution in [-0.4, -0.2) is 10.1 Å². The van der Waals surface area contributed by atoms with Gasteiger partial charge in [-0.15, -0.1) is 0 Å². The van der Waals surface area contributed by atoms with Crippen molar-refractivity contribution in [3.63, 3.8) is 0 Å². The minimum absolute atomic E-state index is 0.338. The first kappa shape index (κ1) is 14.2. The van der Waals surface area contributed by atoms with Gasteiger partial charge in [-0.05, 0) is 41.9 Å². The Hall–Kier alpha value is -0.890. The third-order valence-electron chi connectivity index (χ3n) is 3.09. The van der Waals surface area contributed by atoms with Crippen molar-refractivity contribution in [2.45, 2.75) is 59.5 Å². The molecule has 0 amide bonds. The Morgan fingerprint density at radius 1 is 1.35 bits per heavy atom. The van der Waals surface area contributed by atoms with E-state index in [2.05, 4.69) is 32.7 Å². The van der Waals surface area contributed by atoms with Crippen molar-refractivity contribution in [3.8, 4) is 0 Å². The van der Waals surface area contributed by atoms with Crippen molar-refractivity contribution in [3.05, 3.63) is 29.6 Å². The SMILES string of the molecule is CCc1cnccc1C(O)CCCC(C)(C)C. The van der Waals surface area contributed by atoms with Crippen LogP contribution in [0.4, 0.5) is 0 Å². The Balaban J connectivity index is 2.55. The molecule has 0 saturated carbocycles. The zero-order chi connectivity index (χ0) is 12.9. The van der Waals surface area contributed by atoms with E-state index < -0.39 is 0 Å². The summed E-state index contributed by atoms with van der Waals surface area (Å²) < 4.78 is 0. The summed E-state index contributed by atoms with van der Waals surface area (Å²) in [5, 5.41) is 10.2. The number of aryl methyl sites for hydroxylation is 1. The van der Waals surface area contributed by atoms with E-state index in [0.29, 0.717) is 5.41 Å². The fraction of sp³-hybridized carbons (Fsp3) is 0.667. The smallest absolute Gasteiger partial charge is 0.0793 e. The van der Waals surface area contributed by atoms with Gasteiger partial charge in [-0.2, -0.15) is 0 Å². The first-order chi connectivity index (χ1) is 7.94. The van der Waals surface area contributed by atoms with Gasteiger partial charge in [0.15, 0.2) is 0 Å². The molecule has 0 aliphatic heterocycles. The molecule has 1 heterocycles. The number of nitrogens with zero attached hydrogens (tertiary/aromatic N) is 1. The summed E-state index contributed by atoms with van der Waals surface area (Å²) in [6, 6.07) is 1.95. The third kappa shape index (κ3) is 4.86. The Morgan fingerprint density at radius 2 is 2.06 bits per heavy atom. The molecule has 0 aliphatic carbocycles. The first-order valence-corrected chi connectivity index (χ1v) is 6.55. The van der Waals surface area contributed by atoms with Crippen LogP contribution in [-0.2, 0) is 6.42 Å². The van der Waals surface area contributed by atoms with E-state index in [1.165, 1.54) is 0 Å². The summed E-state index contributed by atoms with van der Waals surface area (Å²) in [6.07, 6.45) is 7.28. The molecule has 1 rings (SSSR count). The predicted octanol–water partition coefficient (Wildman–Crippen LogP) is 3.89. The lowest BCUT2D eigenvalue weighted by Crippen LogP contribution is -2.07. The maximum Gasteiger partial charge on any atom is 0.0793 e. The number of aliphatic hydroxyl groups is 1. The van der Waals surface area contributed by atoms with E-state index in [9.17, 15) is 5.11 Å². The van der Waals surface area contributed by atoms with Crippen molar-refractivity contribution in [1.82, 2.24) is 4.98 Å². The van der Waals surface area contributed by atoms with Gasteiger partial charge in [0.05, 0.1) is 6.10 Å². The number of hydrogen-bond donors (Lipinski definition) is 1. The normalized spacial score (nSPS) is 13.7. The second-order valence-corrected chi connectivity index (χ2v) is 5.90. The van der Waals surface area contributed by atoms with Gasteiger partial charge >= 0.3 is 0 Å². The minimum atomic E-state index is -0.338. The molecule has 1 unspecified atom stereocenters. The number of aromatic nitrogens is 1. The van der Waals surface area contributed by atoms with Crippen molar-refractivity contribution in [1.29, 1.82) is 0 Å². The van der Waals surface area contributed by atoms with Crippen LogP contribution < -0.4 is 0 Å². The number of rotatable bonds is 5. The summed E-state index contributed by atoms with van der Waals surface area (Å²) in [5.74, 6) is 0. The molecule has 1 aromatic rings. The van der Waals surface area contributed by atoms with Crippen LogP contribution >= 0.6 is 0 Å². The third-order valence-corrected chi connectivity index (χ3v) is 3.09. The summed E-state index contributed by atoms with van der Waals surface area (Å²) in [5.41, 5.74) is 2.57. The molecule has 1 atom stereocenters. The lowest BCUT2D eigenvalue weighted by Gasteiger charge is -2.20. The summed E-state index contributed by atoms with van der Waals surface area (Å²) in [7, 11) is 0. The molecule has 0 spiro atoms. The van der Waals surface area contributed by atoms with E-state index in [4.69, 9.17) is 0 Å². The molecule has 0 fully saturated rings. The van der Waals surface area contributed by atoms with Crippen molar-refractivity contribution >= 4 is 0 Å². The standard InChI is InChI=1S/C15H25NO/c1-5-12-11-16-10-8-13(12)14(17)7-6-9-15(2,3)4/h8,10-11,14,17H,5-7,9H2,1-4H3. The quantitative estimate of drug-likeness (QED) is 0.839. The fourth-order valence-electron chi connectivity index (χ4n) is 2.04. The molecular formula is C15H25NO. The zero-order valence-corrected chi connectivity index (χ0v) is 11.5. The van der Waals surface area contributed by atoms with Crippen LogP contribution in [0.25, 0.3) is 0 Å². The molecule has 2 heteroatoms. The van der Waals surface area contributed by atoms with Crippen LogP contribution in [0.1, 0.15) is 64.2 Å². The zero-order valence-electron chi connectivity index (χ0n) is 11.5. The summed E-state index contributed by atoms with van der Waals surface area (Å²) in [6.45, 7) is 8.82. The van der Waals surface area contributed by atoms with Gasteiger partial charge in [0.2, 0.25) is 0 Å². The van der Waals surface area contributed by atoms with E-state index in [0.717, 1.165) is 36.8 Å². The van der Waals surface area contributed by atoms with Crippen molar-refractivity contribution < 1.29 is 5.11 Å². The van der Waals surface area contributed by atoms with Gasteiger partial charge in [-0.25, -0.2) is 0 Å². The Kier molecular flexibility index (Phi) is 5.13. The number of hydrogen-bond acceptors (Lipinski definition) is 2. The average Bonchev–Trinajstić information content (AvgIpc) is 2.27. The second kappa shape index (κ2) is 6.15. The van der Waals surface area contributed by atoms with Gasteiger partial charge in [0, 0.05) is 12.4 Å². The Bertz CT molecular complexity index is 341. The topological polar surface area (TPSA) is 33.1 Å². The highest BCUT2D eigenvalue weighted by molar-refractivity contribution is 5.25. The first-order valence-electron chi connectivity index (χ1n) is 6.55. The molecule has 17 heavy (non-hydrogen) atoms. The predicted molar refractivity (Wildman–Crippen MR) is 71.9 cm³/mol. The molecule has 0 saturated heterocycles. The number of pyridine rings is 1. The number of aliphatic hydroxyl groups excluding tert-OH is 1. The van der Waals surface area contributed by atoms with E-state index in [1.54, 1.807) is 6.20 Å². The molecule has 0 aliphatic rings. The van der Waals surface area contributed by atoms with Gasteiger partial charge in [0.25, 0.3) is 0 Å². The van der Waals surface area contributed by atoms with Crippen molar-refractivity contribution in [2.75, 3.05) is 0 Å².